The number of aromatic hydroxyl groups is 2. The highest BCUT2D eigenvalue weighted by atomic mass is 16.3. The summed E-state index contributed by atoms with van der Waals surface area (Å²) in [5.41, 5.74) is 7.49. The first-order chi connectivity index (χ1) is 7.91. The second-order valence-electron chi connectivity index (χ2n) is 4.06. The van der Waals surface area contributed by atoms with Gasteiger partial charge in [-0.05, 0) is 49.9 Å². The van der Waals surface area contributed by atoms with Crippen LogP contribution in [0.25, 0.3) is 0 Å². The standard InChI is InChI=1S/C13H17NO3/c1-8(13(14)17)4-3-5-10-7-12(16)11(15)6-9(10)2/h4,6-7,15-16H,3,5H2,1-2H3,(H2,14,17). The van der Waals surface area contributed by atoms with E-state index in [1.807, 2.05) is 6.92 Å². The maximum Gasteiger partial charge on any atom is 0.244 e. The van der Waals surface area contributed by atoms with Gasteiger partial charge in [-0.15, -0.1) is 0 Å². The van der Waals surface area contributed by atoms with Crippen LogP contribution >= 0.6 is 0 Å². The third-order valence-electron chi connectivity index (χ3n) is 2.69. The lowest BCUT2D eigenvalue weighted by molar-refractivity contribution is -0.114. The molecule has 0 unspecified atom stereocenters. The van der Waals surface area contributed by atoms with Gasteiger partial charge in [-0.25, -0.2) is 0 Å². The van der Waals surface area contributed by atoms with Gasteiger partial charge in [0.25, 0.3) is 0 Å². The van der Waals surface area contributed by atoms with Crippen molar-refractivity contribution >= 4 is 5.91 Å². The molecule has 1 rings (SSSR count). The Morgan fingerprint density at radius 3 is 2.53 bits per heavy atom. The fraction of sp³-hybridized carbons (Fsp3) is 0.308. The molecule has 0 spiro atoms. The molecule has 0 heterocycles. The van der Waals surface area contributed by atoms with Gasteiger partial charge in [0.05, 0.1) is 0 Å². The maximum absolute atomic E-state index is 10.8. The van der Waals surface area contributed by atoms with Crippen molar-refractivity contribution in [2.24, 2.45) is 5.73 Å². The van der Waals surface area contributed by atoms with Crippen LogP contribution in [-0.2, 0) is 11.2 Å². The van der Waals surface area contributed by atoms with Crippen molar-refractivity contribution in [2.75, 3.05) is 0 Å². The van der Waals surface area contributed by atoms with Crippen molar-refractivity contribution in [1.82, 2.24) is 0 Å². The molecule has 0 atom stereocenters. The fourth-order valence-corrected chi connectivity index (χ4v) is 1.54. The summed E-state index contributed by atoms with van der Waals surface area (Å²) in [7, 11) is 0. The molecule has 4 heteroatoms. The Labute approximate surface area is 100 Å². The van der Waals surface area contributed by atoms with E-state index in [1.165, 1.54) is 12.1 Å². The van der Waals surface area contributed by atoms with Crippen LogP contribution in [0.2, 0.25) is 0 Å². The van der Waals surface area contributed by atoms with Gasteiger partial charge >= 0.3 is 0 Å². The Kier molecular flexibility index (Phi) is 4.15. The number of amides is 1. The molecule has 1 aromatic rings. The zero-order chi connectivity index (χ0) is 13.0. The van der Waals surface area contributed by atoms with Gasteiger partial charge in [0.2, 0.25) is 5.91 Å². The summed E-state index contributed by atoms with van der Waals surface area (Å²) in [4.78, 5) is 10.8. The zero-order valence-electron chi connectivity index (χ0n) is 10.0. The van der Waals surface area contributed by atoms with E-state index in [0.29, 0.717) is 18.4 Å². The summed E-state index contributed by atoms with van der Waals surface area (Å²) >= 11 is 0. The normalized spacial score (nSPS) is 11.5. The zero-order valence-corrected chi connectivity index (χ0v) is 10.0. The quantitative estimate of drug-likeness (QED) is 0.549. The van der Waals surface area contributed by atoms with Crippen molar-refractivity contribution in [1.29, 1.82) is 0 Å². The Morgan fingerprint density at radius 1 is 1.35 bits per heavy atom. The van der Waals surface area contributed by atoms with Crippen LogP contribution in [0.4, 0.5) is 0 Å². The molecule has 1 aromatic carbocycles. The topological polar surface area (TPSA) is 83.6 Å². The molecule has 0 radical (unpaired) electrons. The third-order valence-corrected chi connectivity index (χ3v) is 2.69. The number of carbonyl (C=O) groups is 1. The smallest absolute Gasteiger partial charge is 0.244 e. The van der Waals surface area contributed by atoms with Crippen LogP contribution in [0.1, 0.15) is 24.5 Å². The number of rotatable bonds is 4. The van der Waals surface area contributed by atoms with E-state index in [0.717, 1.165) is 11.1 Å². The van der Waals surface area contributed by atoms with E-state index in [-0.39, 0.29) is 11.5 Å². The van der Waals surface area contributed by atoms with E-state index in [2.05, 4.69) is 0 Å². The van der Waals surface area contributed by atoms with Gasteiger partial charge in [0, 0.05) is 5.57 Å². The van der Waals surface area contributed by atoms with Crippen LogP contribution in [-0.4, -0.2) is 16.1 Å². The summed E-state index contributed by atoms with van der Waals surface area (Å²) in [6.07, 6.45) is 3.12. The predicted octanol–water partition coefficient (Wildman–Crippen LogP) is 1.77. The van der Waals surface area contributed by atoms with Crippen molar-refractivity contribution in [3.63, 3.8) is 0 Å². The number of benzene rings is 1. The van der Waals surface area contributed by atoms with Gasteiger partial charge in [-0.1, -0.05) is 6.08 Å². The molecular weight excluding hydrogens is 218 g/mol. The number of phenols is 2. The van der Waals surface area contributed by atoms with E-state index in [4.69, 9.17) is 5.73 Å². The Morgan fingerprint density at radius 2 is 1.94 bits per heavy atom. The van der Waals surface area contributed by atoms with Crippen LogP contribution in [0.3, 0.4) is 0 Å². The fourth-order valence-electron chi connectivity index (χ4n) is 1.54. The lowest BCUT2D eigenvalue weighted by atomic mass is 10.0. The first-order valence-corrected chi connectivity index (χ1v) is 5.40. The van der Waals surface area contributed by atoms with Gasteiger partial charge in [0.15, 0.2) is 11.5 Å². The number of phenolic OH excluding ortho intramolecular Hbond substituents is 2. The molecular formula is C13H17NO3. The molecule has 4 nitrogen and oxygen atoms in total. The molecule has 0 aliphatic carbocycles. The van der Waals surface area contributed by atoms with Crippen molar-refractivity contribution in [2.45, 2.75) is 26.7 Å². The SMILES string of the molecule is CC(=CCCc1cc(O)c(O)cc1C)C(N)=O. The summed E-state index contributed by atoms with van der Waals surface area (Å²) in [6.45, 7) is 3.53. The lowest BCUT2D eigenvalue weighted by Crippen LogP contribution is -2.11. The van der Waals surface area contributed by atoms with Crippen LogP contribution in [0.5, 0.6) is 11.5 Å². The summed E-state index contributed by atoms with van der Waals surface area (Å²) < 4.78 is 0. The monoisotopic (exact) mass is 235 g/mol. The minimum absolute atomic E-state index is 0.116. The van der Waals surface area contributed by atoms with Gasteiger partial charge < -0.3 is 15.9 Å². The van der Waals surface area contributed by atoms with Crippen LogP contribution in [0.15, 0.2) is 23.8 Å². The molecule has 17 heavy (non-hydrogen) atoms. The highest BCUT2D eigenvalue weighted by Crippen LogP contribution is 2.28. The van der Waals surface area contributed by atoms with Gasteiger partial charge in [-0.3, -0.25) is 4.79 Å². The Bertz CT molecular complexity index is 464. The number of primary amides is 1. The van der Waals surface area contributed by atoms with E-state index < -0.39 is 5.91 Å². The number of nitrogens with two attached hydrogens (primary N) is 1. The average molecular weight is 235 g/mol. The predicted molar refractivity (Wildman–Crippen MR) is 65.8 cm³/mol. The largest absolute Gasteiger partial charge is 0.504 e. The van der Waals surface area contributed by atoms with Crippen LogP contribution < -0.4 is 5.73 Å². The third kappa shape index (κ3) is 3.52. The van der Waals surface area contributed by atoms with Gasteiger partial charge in [0.1, 0.15) is 0 Å². The highest BCUT2D eigenvalue weighted by Gasteiger charge is 2.05. The number of hydrogen-bond donors (Lipinski definition) is 3. The second-order valence-corrected chi connectivity index (χ2v) is 4.06. The number of carbonyl (C=O) groups excluding carboxylic acids is 1. The van der Waals surface area contributed by atoms with E-state index in [9.17, 15) is 15.0 Å². The molecule has 92 valence electrons. The molecule has 1 amide bonds. The van der Waals surface area contributed by atoms with Crippen molar-refractivity contribution in [3.05, 3.63) is 34.9 Å². The molecule has 0 fully saturated rings. The lowest BCUT2D eigenvalue weighted by Gasteiger charge is -2.06. The van der Waals surface area contributed by atoms with E-state index >= 15 is 0 Å². The first kappa shape index (κ1) is 13.1. The minimum Gasteiger partial charge on any atom is -0.504 e. The molecule has 4 N–H and O–H groups in total. The number of allylic oxidation sites excluding steroid dienone is 1. The first-order valence-electron chi connectivity index (χ1n) is 5.40. The molecule has 0 aliphatic heterocycles. The van der Waals surface area contributed by atoms with Crippen molar-refractivity contribution < 1.29 is 15.0 Å². The number of aryl methyl sites for hydroxylation is 2. The highest BCUT2D eigenvalue weighted by molar-refractivity contribution is 5.91. The average Bonchev–Trinajstić information content (AvgIpc) is 2.25. The molecule has 0 aromatic heterocycles. The second kappa shape index (κ2) is 5.39. The molecule has 0 bridgehead atoms. The summed E-state index contributed by atoms with van der Waals surface area (Å²) in [5, 5.41) is 18.7. The number of hydrogen-bond acceptors (Lipinski definition) is 3. The van der Waals surface area contributed by atoms with Crippen LogP contribution in [0, 0.1) is 6.92 Å². The maximum atomic E-state index is 10.8. The molecule has 0 saturated carbocycles. The summed E-state index contributed by atoms with van der Waals surface area (Å²) in [6, 6.07) is 3.06. The summed E-state index contributed by atoms with van der Waals surface area (Å²) in [5.74, 6) is -0.661. The minimum atomic E-state index is -0.421. The Balaban J connectivity index is 2.74. The van der Waals surface area contributed by atoms with Crippen molar-refractivity contribution in [3.8, 4) is 11.5 Å². The molecule has 0 saturated heterocycles. The Hall–Kier alpha value is -1.97. The van der Waals surface area contributed by atoms with Gasteiger partial charge in [-0.2, -0.15) is 0 Å². The molecule has 0 aliphatic rings. The van der Waals surface area contributed by atoms with E-state index in [1.54, 1.807) is 13.0 Å².